The van der Waals surface area contributed by atoms with Gasteiger partial charge in [-0.2, -0.15) is 0 Å². The summed E-state index contributed by atoms with van der Waals surface area (Å²) in [6, 6.07) is 35.7. The maximum absolute atomic E-state index is 2.60. The van der Waals surface area contributed by atoms with E-state index in [4.69, 9.17) is 0 Å². The Morgan fingerprint density at radius 1 is 0.532 bits per heavy atom. The normalized spacial score (nSPS) is 17.1. The first-order valence-electron chi connectivity index (χ1n) is 18.8. The molecule has 0 aromatic heterocycles. The van der Waals surface area contributed by atoms with Gasteiger partial charge in [-0.15, -0.1) is 0 Å². The number of hydrogen-bond acceptors (Lipinski definition) is 0. The first-order chi connectivity index (χ1) is 22.9. The van der Waals surface area contributed by atoms with Gasteiger partial charge >= 0.3 is 0 Å². The lowest BCUT2D eigenvalue weighted by Gasteiger charge is -2.21. The van der Waals surface area contributed by atoms with Gasteiger partial charge in [-0.3, -0.25) is 0 Å². The summed E-state index contributed by atoms with van der Waals surface area (Å²) in [5, 5.41) is 0. The molecule has 0 radical (unpaired) electrons. The van der Waals surface area contributed by atoms with Crippen LogP contribution in [0.15, 0.2) is 96.1 Å². The van der Waals surface area contributed by atoms with E-state index in [1.807, 2.05) is 0 Å². The topological polar surface area (TPSA) is 0 Å². The number of allylic oxidation sites excluding steroid dienone is 2. The van der Waals surface area contributed by atoms with Gasteiger partial charge in [-0.1, -0.05) is 175 Å². The predicted octanol–water partition coefficient (Wildman–Crippen LogP) is 13.3. The summed E-state index contributed by atoms with van der Waals surface area (Å²) < 4.78 is 0. The van der Waals surface area contributed by atoms with E-state index in [0.29, 0.717) is 23.7 Å². The maximum atomic E-state index is 2.60. The van der Waals surface area contributed by atoms with Crippen LogP contribution in [-0.2, 0) is 0 Å². The molecule has 0 heterocycles. The van der Waals surface area contributed by atoms with E-state index in [0.717, 1.165) is 0 Å². The average Bonchev–Trinajstić information content (AvgIpc) is 3.63. The van der Waals surface area contributed by atoms with Crippen molar-refractivity contribution in [1.82, 2.24) is 0 Å². The Morgan fingerprint density at radius 3 is 1.30 bits per heavy atom. The molecule has 0 bridgehead atoms. The van der Waals surface area contributed by atoms with Crippen molar-refractivity contribution in [3.8, 4) is 22.3 Å². The minimum Gasteiger partial charge on any atom is -0.0654 e. The third-order valence-electron chi connectivity index (χ3n) is 11.0. The van der Waals surface area contributed by atoms with Gasteiger partial charge < -0.3 is 0 Å². The summed E-state index contributed by atoms with van der Waals surface area (Å²) in [6.45, 7) is 13.8. The zero-order valence-corrected chi connectivity index (χ0v) is 31.3. The van der Waals surface area contributed by atoms with Gasteiger partial charge in [-0.05, 0) is 93.2 Å². The van der Waals surface area contributed by atoms with E-state index < -0.39 is 0 Å². The van der Waals surface area contributed by atoms with Crippen molar-refractivity contribution in [2.24, 2.45) is 0 Å². The van der Waals surface area contributed by atoms with Crippen molar-refractivity contribution in [3.05, 3.63) is 129 Å². The second-order valence-corrected chi connectivity index (χ2v) is 16.7. The van der Waals surface area contributed by atoms with Crippen molar-refractivity contribution < 1.29 is 0 Å². The number of rotatable bonds is 14. The van der Waals surface area contributed by atoms with Crippen molar-refractivity contribution in [1.29, 1.82) is 0 Å². The third-order valence-corrected chi connectivity index (χ3v) is 13.0. The Morgan fingerprint density at radius 2 is 0.936 bits per heavy atom. The van der Waals surface area contributed by atoms with Crippen LogP contribution in [0.4, 0.5) is 0 Å². The zero-order chi connectivity index (χ0) is 32.9. The fraction of sp³-hybridized carbons (Fsp3) is 0.391. The van der Waals surface area contributed by atoms with Crippen LogP contribution in [0, 0.1) is 0 Å². The number of unbranched alkanes of at least 4 members (excludes halogenated alkanes) is 2. The molecule has 2 aliphatic carbocycles. The van der Waals surface area contributed by atoms with Crippen LogP contribution in [0.3, 0.4) is 0 Å². The molecule has 0 nitrogen and oxygen atoms in total. The van der Waals surface area contributed by atoms with Crippen LogP contribution >= 0.6 is 0 Å². The predicted molar refractivity (Wildman–Crippen MR) is 211 cm³/mol. The van der Waals surface area contributed by atoms with Gasteiger partial charge in [0.2, 0.25) is 0 Å². The van der Waals surface area contributed by atoms with Gasteiger partial charge in [0, 0.05) is 21.4 Å². The fourth-order valence-electron chi connectivity index (χ4n) is 8.13. The first-order valence-corrected chi connectivity index (χ1v) is 20.8. The number of fused-ring (bicyclic) bond motifs is 2. The highest BCUT2D eigenvalue weighted by atomic mass is 28.2. The molecule has 0 amide bonds. The van der Waals surface area contributed by atoms with Gasteiger partial charge in [0.25, 0.3) is 0 Å². The Kier molecular flexibility index (Phi) is 10.8. The second kappa shape index (κ2) is 15.2. The molecular formula is C46H56Si. The summed E-state index contributed by atoms with van der Waals surface area (Å²) in [7, 11) is -0.298. The molecule has 0 N–H and O–H groups in total. The molecule has 6 rings (SSSR count). The van der Waals surface area contributed by atoms with Crippen molar-refractivity contribution in [2.75, 3.05) is 0 Å². The summed E-state index contributed by atoms with van der Waals surface area (Å²) in [5.41, 5.74) is 18.0. The van der Waals surface area contributed by atoms with E-state index in [1.165, 1.54) is 95.1 Å². The van der Waals surface area contributed by atoms with Crippen LogP contribution in [0.1, 0.15) is 137 Å². The standard InChI is InChI=1S/C46H56Si/c1-7-9-13-37-27-43-39(35-23-19-33(20-24-35)31(3)4)15-11-17-41(43)45(37)29-47-30-46-38(14-10-8-2)28-44-40(16-12-18-42(44)46)36-25-21-34(22-26-36)32(5)6/h11-12,15-28,31-32,45-46H,7-10,13-14,29-30,47H2,1-6H3. The summed E-state index contributed by atoms with van der Waals surface area (Å²) in [5.74, 6) is 2.33. The molecular weight excluding hydrogens is 581 g/mol. The number of benzene rings is 4. The summed E-state index contributed by atoms with van der Waals surface area (Å²) >= 11 is 0. The Hall–Kier alpha value is -3.42. The monoisotopic (exact) mass is 636 g/mol. The highest BCUT2D eigenvalue weighted by Crippen LogP contribution is 2.48. The Labute approximate surface area is 288 Å². The SMILES string of the molecule is CCCCC1=Cc2c(-c3ccc(C(C)C)cc3)cccc2C1C[SiH2]CC1C(CCCC)=Cc2c(-c3ccc(C(C)C)cc3)cccc21. The van der Waals surface area contributed by atoms with E-state index in [1.54, 1.807) is 22.3 Å². The van der Waals surface area contributed by atoms with Gasteiger partial charge in [0.05, 0.1) is 0 Å². The van der Waals surface area contributed by atoms with Crippen LogP contribution in [0.2, 0.25) is 12.1 Å². The molecule has 4 aromatic rings. The second-order valence-electron chi connectivity index (χ2n) is 14.9. The van der Waals surface area contributed by atoms with Crippen molar-refractivity contribution in [2.45, 2.75) is 116 Å². The van der Waals surface area contributed by atoms with Crippen LogP contribution < -0.4 is 0 Å². The Bertz CT molecular complexity index is 1590. The molecule has 0 aliphatic heterocycles. The smallest absolute Gasteiger partial charge is 0.0218 e. The molecule has 47 heavy (non-hydrogen) atoms. The van der Waals surface area contributed by atoms with E-state index >= 15 is 0 Å². The lowest BCUT2D eigenvalue weighted by Crippen LogP contribution is -2.08. The third kappa shape index (κ3) is 7.21. The molecule has 244 valence electrons. The molecule has 2 aliphatic rings. The number of hydrogen-bond donors (Lipinski definition) is 0. The lowest BCUT2D eigenvalue weighted by atomic mass is 9.91. The minimum atomic E-state index is -0.298. The van der Waals surface area contributed by atoms with Gasteiger partial charge in [0.1, 0.15) is 0 Å². The summed E-state index contributed by atoms with van der Waals surface area (Å²) in [4.78, 5) is 0. The Balaban J connectivity index is 1.25. The van der Waals surface area contributed by atoms with Crippen molar-refractivity contribution >= 4 is 21.7 Å². The molecule has 0 saturated heterocycles. The van der Waals surface area contributed by atoms with Gasteiger partial charge in [-0.25, -0.2) is 0 Å². The molecule has 0 saturated carbocycles. The van der Waals surface area contributed by atoms with E-state index in [-0.39, 0.29) is 9.52 Å². The lowest BCUT2D eigenvalue weighted by molar-refractivity contribution is 0.730. The highest BCUT2D eigenvalue weighted by Gasteiger charge is 2.30. The molecule has 2 unspecified atom stereocenters. The van der Waals surface area contributed by atoms with E-state index in [2.05, 4.69) is 139 Å². The molecule has 0 fully saturated rings. The largest absolute Gasteiger partial charge is 0.0654 e. The van der Waals surface area contributed by atoms with Crippen LogP contribution in [-0.4, -0.2) is 9.52 Å². The highest BCUT2D eigenvalue weighted by molar-refractivity contribution is 6.36. The molecule has 2 atom stereocenters. The minimum absolute atomic E-state index is 0.298. The average molecular weight is 637 g/mol. The van der Waals surface area contributed by atoms with E-state index in [9.17, 15) is 0 Å². The maximum Gasteiger partial charge on any atom is 0.0218 e. The summed E-state index contributed by atoms with van der Waals surface area (Å²) in [6.07, 6.45) is 12.8. The van der Waals surface area contributed by atoms with Crippen molar-refractivity contribution in [3.63, 3.8) is 0 Å². The van der Waals surface area contributed by atoms with Crippen LogP contribution in [0.25, 0.3) is 34.4 Å². The first kappa shape index (κ1) is 33.5. The zero-order valence-electron chi connectivity index (χ0n) is 29.9. The fourth-order valence-corrected chi connectivity index (χ4v) is 10.5. The quantitative estimate of drug-likeness (QED) is 0.121. The molecule has 1 heteroatoms. The van der Waals surface area contributed by atoms with Crippen LogP contribution in [0.5, 0.6) is 0 Å². The molecule has 0 spiro atoms. The van der Waals surface area contributed by atoms with Gasteiger partial charge in [0.15, 0.2) is 0 Å². The molecule has 4 aromatic carbocycles.